The minimum atomic E-state index is -4.23. The Morgan fingerprint density at radius 1 is 0.553 bits per heavy atom. The number of hydrogen-bond acceptors (Lipinski definition) is 6. The van der Waals surface area contributed by atoms with E-state index in [0.29, 0.717) is 16.5 Å². The lowest BCUT2D eigenvalue weighted by molar-refractivity contribution is 0.596. The Labute approximate surface area is 225 Å². The molecule has 1 heterocycles. The van der Waals surface area contributed by atoms with Gasteiger partial charge in [0, 0.05) is 5.69 Å². The van der Waals surface area contributed by atoms with Crippen molar-refractivity contribution in [1.29, 1.82) is 0 Å². The number of amidine groups is 2. The lowest BCUT2D eigenvalue weighted by Crippen LogP contribution is -2.32. The third-order valence-electron chi connectivity index (χ3n) is 5.27. The van der Waals surface area contributed by atoms with Gasteiger partial charge in [-0.25, -0.2) is 4.99 Å². The van der Waals surface area contributed by atoms with Gasteiger partial charge in [-0.05, 0) is 60.3 Å². The molecule has 0 spiro atoms. The van der Waals surface area contributed by atoms with Gasteiger partial charge in [-0.15, -0.1) is 8.80 Å². The van der Waals surface area contributed by atoms with Gasteiger partial charge in [0.1, 0.15) is 0 Å². The Hall–Kier alpha value is -4.06. The summed E-state index contributed by atoms with van der Waals surface area (Å²) in [6.45, 7) is 0. The lowest BCUT2D eigenvalue weighted by atomic mass is 10.3. The van der Waals surface area contributed by atoms with Gasteiger partial charge in [-0.1, -0.05) is 72.8 Å². The van der Waals surface area contributed by atoms with Crippen LogP contribution in [0, 0.1) is 0 Å². The van der Waals surface area contributed by atoms with Gasteiger partial charge in [0.25, 0.3) is 20.0 Å². The van der Waals surface area contributed by atoms with Crippen molar-refractivity contribution in [3.05, 3.63) is 121 Å². The summed E-state index contributed by atoms with van der Waals surface area (Å²) in [5.74, 6) is -0.167. The van der Waals surface area contributed by atoms with E-state index in [0.717, 1.165) is 11.8 Å². The van der Waals surface area contributed by atoms with E-state index in [1.54, 1.807) is 72.8 Å². The molecule has 1 fully saturated rings. The van der Waals surface area contributed by atoms with Crippen LogP contribution in [-0.4, -0.2) is 32.9 Å². The smallest absolute Gasteiger partial charge is 0.270 e. The van der Waals surface area contributed by atoms with E-state index < -0.39 is 20.0 Å². The molecule has 0 bridgehead atoms. The first-order valence-electron chi connectivity index (χ1n) is 11.3. The first kappa shape index (κ1) is 25.6. The number of rotatable bonds is 6. The van der Waals surface area contributed by atoms with Crippen LogP contribution in [0.1, 0.15) is 0 Å². The quantitative estimate of drug-likeness (QED) is 0.308. The van der Waals surface area contributed by atoms with Gasteiger partial charge in [-0.3, -0.25) is 4.90 Å². The topological polar surface area (TPSA) is 109 Å². The van der Waals surface area contributed by atoms with Crippen LogP contribution in [-0.2, 0) is 20.0 Å². The zero-order valence-corrected chi connectivity index (χ0v) is 22.1. The zero-order valence-electron chi connectivity index (χ0n) is 19.7. The highest BCUT2D eigenvalue weighted by Crippen LogP contribution is 2.33. The number of sulfonamides is 2. The third kappa shape index (κ3) is 5.59. The molecule has 4 aromatic rings. The van der Waals surface area contributed by atoms with Crippen LogP contribution in [0.15, 0.2) is 145 Å². The predicted molar refractivity (Wildman–Crippen MR) is 152 cm³/mol. The standard InChI is InChI=1S/C27H20N4O4S3/c32-37(33,23-17-9-3-10-18-23)29-25-26(30-38(34,35)24-19-11-4-12-20-24)36-27(28-21-13-5-1-6-14-21)31(25)22-15-7-2-8-16-22/h1-20H. The molecule has 11 heteroatoms. The Morgan fingerprint density at radius 3 is 1.53 bits per heavy atom. The van der Waals surface area contributed by atoms with E-state index >= 15 is 0 Å². The molecule has 8 nitrogen and oxygen atoms in total. The van der Waals surface area contributed by atoms with Crippen LogP contribution in [0.4, 0.5) is 11.4 Å². The molecule has 0 amide bonds. The fourth-order valence-corrected chi connectivity index (χ4v) is 6.76. The molecule has 190 valence electrons. The number of thioether (sulfide) groups is 1. The largest absolute Gasteiger partial charge is 0.284 e. The number of nitrogens with zero attached hydrogens (tertiary/aromatic N) is 4. The summed E-state index contributed by atoms with van der Waals surface area (Å²) in [7, 11) is -8.42. The second kappa shape index (κ2) is 10.7. The highest BCUT2D eigenvalue weighted by atomic mass is 32.2. The Morgan fingerprint density at radius 2 is 1.00 bits per heavy atom. The summed E-state index contributed by atoms with van der Waals surface area (Å²) in [6, 6.07) is 33.3. The van der Waals surface area contributed by atoms with E-state index in [1.165, 1.54) is 29.2 Å². The molecule has 0 radical (unpaired) electrons. The van der Waals surface area contributed by atoms with Crippen molar-refractivity contribution < 1.29 is 16.8 Å². The van der Waals surface area contributed by atoms with Crippen LogP contribution in [0.25, 0.3) is 0 Å². The van der Waals surface area contributed by atoms with Gasteiger partial charge in [-0.2, -0.15) is 16.8 Å². The molecule has 5 rings (SSSR count). The lowest BCUT2D eigenvalue weighted by Gasteiger charge is -2.18. The Balaban J connectivity index is 1.75. The molecule has 0 aromatic heterocycles. The second-order valence-corrected chi connectivity index (χ2v) is 12.1. The SMILES string of the molecule is O=S(=O)(N=C1SC(=Nc2ccccc2)N(c2ccccc2)C1=NS(=O)(=O)c1ccccc1)c1ccccc1. The minimum absolute atomic E-state index is 0.0296. The van der Waals surface area contributed by atoms with Gasteiger partial charge >= 0.3 is 0 Å². The number of benzene rings is 4. The summed E-state index contributed by atoms with van der Waals surface area (Å²) in [4.78, 5) is 6.11. The van der Waals surface area contributed by atoms with Gasteiger partial charge < -0.3 is 0 Å². The third-order valence-corrected chi connectivity index (χ3v) is 8.88. The molecule has 0 atom stereocenters. The molecule has 1 aliphatic heterocycles. The van der Waals surface area contributed by atoms with E-state index in [9.17, 15) is 16.8 Å². The minimum Gasteiger partial charge on any atom is -0.270 e. The summed E-state index contributed by atoms with van der Waals surface area (Å²) in [6.07, 6.45) is 0. The number of para-hydroxylation sites is 2. The first-order chi connectivity index (χ1) is 18.3. The maximum absolute atomic E-state index is 13.3. The van der Waals surface area contributed by atoms with Crippen LogP contribution in [0.3, 0.4) is 0 Å². The maximum Gasteiger partial charge on any atom is 0.284 e. The van der Waals surface area contributed by atoms with E-state index in [4.69, 9.17) is 0 Å². The molecule has 0 aliphatic carbocycles. The van der Waals surface area contributed by atoms with Crippen molar-refractivity contribution >= 4 is 59.2 Å². The van der Waals surface area contributed by atoms with Crippen LogP contribution >= 0.6 is 11.8 Å². The van der Waals surface area contributed by atoms with Crippen molar-refractivity contribution in [3.8, 4) is 0 Å². The summed E-state index contributed by atoms with van der Waals surface area (Å²) in [5.41, 5.74) is 1.13. The molecule has 38 heavy (non-hydrogen) atoms. The highest BCUT2D eigenvalue weighted by Gasteiger charge is 2.38. The zero-order chi connectivity index (χ0) is 26.6. The predicted octanol–water partition coefficient (Wildman–Crippen LogP) is 5.50. The summed E-state index contributed by atoms with van der Waals surface area (Å²) < 4.78 is 61.3. The number of aliphatic imine (C=N–C) groups is 1. The number of anilines is 1. The molecular weight excluding hydrogens is 541 g/mol. The Kier molecular flexibility index (Phi) is 7.23. The maximum atomic E-state index is 13.3. The first-order valence-corrected chi connectivity index (χ1v) is 15.0. The Bertz CT molecular complexity index is 1740. The van der Waals surface area contributed by atoms with Crippen molar-refractivity contribution in [2.45, 2.75) is 9.79 Å². The van der Waals surface area contributed by atoms with Crippen molar-refractivity contribution in [1.82, 2.24) is 0 Å². The molecule has 4 aromatic carbocycles. The van der Waals surface area contributed by atoms with Crippen LogP contribution < -0.4 is 4.90 Å². The van der Waals surface area contributed by atoms with Gasteiger partial charge in [0.2, 0.25) is 0 Å². The average Bonchev–Trinajstić information content (AvgIpc) is 3.25. The monoisotopic (exact) mass is 560 g/mol. The van der Waals surface area contributed by atoms with E-state index in [-0.39, 0.29) is 20.7 Å². The van der Waals surface area contributed by atoms with Crippen LogP contribution in [0.5, 0.6) is 0 Å². The van der Waals surface area contributed by atoms with Crippen molar-refractivity contribution in [2.75, 3.05) is 4.90 Å². The van der Waals surface area contributed by atoms with E-state index in [2.05, 4.69) is 13.8 Å². The van der Waals surface area contributed by atoms with Crippen molar-refractivity contribution in [3.63, 3.8) is 0 Å². The normalized spacial score (nSPS) is 17.4. The fraction of sp³-hybridized carbons (Fsp3) is 0. The van der Waals surface area contributed by atoms with Crippen LogP contribution in [0.2, 0.25) is 0 Å². The van der Waals surface area contributed by atoms with Crippen molar-refractivity contribution in [2.24, 2.45) is 13.8 Å². The molecular formula is C27H20N4O4S3. The summed E-state index contributed by atoms with van der Waals surface area (Å²) >= 11 is 0.925. The highest BCUT2D eigenvalue weighted by molar-refractivity contribution is 8.30. The second-order valence-electron chi connectivity index (χ2n) is 7.89. The average molecular weight is 561 g/mol. The van der Waals surface area contributed by atoms with E-state index in [1.807, 2.05) is 24.3 Å². The summed E-state index contributed by atoms with van der Waals surface area (Å²) in [5, 5.41) is 0.179. The fourth-order valence-electron chi connectivity index (χ4n) is 3.51. The van der Waals surface area contributed by atoms with Gasteiger partial charge in [0.15, 0.2) is 16.0 Å². The molecule has 1 aliphatic rings. The number of hydrogen-bond donors (Lipinski definition) is 0. The molecule has 0 N–H and O–H groups in total. The van der Waals surface area contributed by atoms with Gasteiger partial charge in [0.05, 0.1) is 15.5 Å². The molecule has 1 saturated heterocycles. The molecule has 0 saturated carbocycles. The molecule has 0 unspecified atom stereocenters.